The first-order chi connectivity index (χ1) is 21.3. The first-order valence-corrected chi connectivity index (χ1v) is 14.5. The van der Waals surface area contributed by atoms with Gasteiger partial charge in [-0.05, 0) is 76.5 Å². The van der Waals surface area contributed by atoms with Gasteiger partial charge >= 0.3 is 0 Å². The van der Waals surface area contributed by atoms with E-state index in [1.165, 1.54) is 10.8 Å². The Hall–Kier alpha value is -5.80. The molecule has 0 aliphatic heterocycles. The van der Waals surface area contributed by atoms with E-state index in [0.717, 1.165) is 72.1 Å². The number of benzene rings is 7. The number of rotatable bonds is 4. The Balaban J connectivity index is 1.32. The van der Waals surface area contributed by atoms with Gasteiger partial charge in [0.1, 0.15) is 22.3 Å². The lowest BCUT2D eigenvalue weighted by Crippen LogP contribution is -2.10. The summed E-state index contributed by atoms with van der Waals surface area (Å²) < 4.78 is 13.1. The van der Waals surface area contributed by atoms with E-state index in [-0.39, 0.29) is 0 Å². The van der Waals surface area contributed by atoms with Crippen LogP contribution in [-0.2, 0) is 0 Å². The SMILES string of the molecule is c1ccc(-c2cccc3oc4cc5c(cc4c23)oc2cccc(N(c3ccccc3)c3ccc4ccccc4c3)c25)cc1. The van der Waals surface area contributed by atoms with Crippen LogP contribution in [0.1, 0.15) is 0 Å². The Kier molecular flexibility index (Phi) is 5.20. The summed E-state index contributed by atoms with van der Waals surface area (Å²) in [6.45, 7) is 0. The number of nitrogens with zero attached hydrogens (tertiary/aromatic N) is 1. The fourth-order valence-electron chi connectivity index (χ4n) is 6.49. The Morgan fingerprint density at radius 3 is 1.79 bits per heavy atom. The van der Waals surface area contributed by atoms with Crippen molar-refractivity contribution in [3.05, 3.63) is 152 Å². The third kappa shape index (κ3) is 3.75. The Morgan fingerprint density at radius 2 is 1.02 bits per heavy atom. The van der Waals surface area contributed by atoms with Gasteiger partial charge in [-0.15, -0.1) is 0 Å². The third-order valence-corrected chi connectivity index (χ3v) is 8.42. The van der Waals surface area contributed by atoms with Crippen LogP contribution in [0.2, 0.25) is 0 Å². The summed E-state index contributed by atoms with van der Waals surface area (Å²) >= 11 is 0. The topological polar surface area (TPSA) is 29.5 Å². The molecule has 0 saturated carbocycles. The van der Waals surface area contributed by atoms with Gasteiger partial charge in [-0.25, -0.2) is 0 Å². The van der Waals surface area contributed by atoms with Crippen molar-refractivity contribution in [1.82, 2.24) is 0 Å². The van der Waals surface area contributed by atoms with E-state index in [2.05, 4.69) is 144 Å². The fourth-order valence-corrected chi connectivity index (χ4v) is 6.49. The van der Waals surface area contributed by atoms with Gasteiger partial charge < -0.3 is 13.7 Å². The average molecular weight is 552 g/mol. The molecule has 0 spiro atoms. The summed E-state index contributed by atoms with van der Waals surface area (Å²) in [6, 6.07) is 53.0. The minimum absolute atomic E-state index is 0.840. The molecule has 202 valence electrons. The molecule has 0 N–H and O–H groups in total. The van der Waals surface area contributed by atoms with Crippen molar-refractivity contribution in [3.63, 3.8) is 0 Å². The van der Waals surface area contributed by atoms with Crippen LogP contribution >= 0.6 is 0 Å². The molecule has 3 nitrogen and oxygen atoms in total. The van der Waals surface area contributed by atoms with Crippen LogP contribution in [-0.4, -0.2) is 0 Å². The van der Waals surface area contributed by atoms with E-state index in [9.17, 15) is 0 Å². The summed E-state index contributed by atoms with van der Waals surface area (Å²) in [7, 11) is 0. The highest BCUT2D eigenvalue weighted by Crippen LogP contribution is 2.45. The van der Waals surface area contributed by atoms with Gasteiger partial charge in [-0.1, -0.05) is 97.1 Å². The molecule has 0 fully saturated rings. The molecular formula is C40H25NO2. The van der Waals surface area contributed by atoms with Crippen LogP contribution in [0.4, 0.5) is 17.1 Å². The summed E-state index contributed by atoms with van der Waals surface area (Å²) in [5.41, 5.74) is 8.94. The van der Waals surface area contributed by atoms with Crippen LogP contribution in [0.15, 0.2) is 160 Å². The predicted octanol–water partition coefficient (Wildman–Crippen LogP) is 11.8. The van der Waals surface area contributed by atoms with E-state index < -0.39 is 0 Å². The molecule has 0 saturated heterocycles. The second kappa shape index (κ2) is 9.37. The zero-order valence-electron chi connectivity index (χ0n) is 23.2. The van der Waals surface area contributed by atoms with Gasteiger partial charge in [0.2, 0.25) is 0 Å². The highest BCUT2D eigenvalue weighted by molar-refractivity contribution is 6.20. The molecule has 0 bridgehead atoms. The first kappa shape index (κ1) is 23.9. The van der Waals surface area contributed by atoms with Crippen molar-refractivity contribution >= 4 is 71.7 Å². The van der Waals surface area contributed by atoms with Crippen LogP contribution in [0.25, 0.3) is 65.8 Å². The molecule has 0 unspecified atom stereocenters. The van der Waals surface area contributed by atoms with Gasteiger partial charge in [0.25, 0.3) is 0 Å². The highest BCUT2D eigenvalue weighted by Gasteiger charge is 2.21. The molecule has 0 radical (unpaired) electrons. The molecule has 7 aromatic carbocycles. The Labute approximate surface area is 247 Å². The van der Waals surface area contributed by atoms with Gasteiger partial charge in [-0.3, -0.25) is 0 Å². The normalized spacial score (nSPS) is 11.7. The van der Waals surface area contributed by atoms with Crippen molar-refractivity contribution in [3.8, 4) is 11.1 Å². The van der Waals surface area contributed by atoms with E-state index in [1.54, 1.807) is 0 Å². The van der Waals surface area contributed by atoms with Crippen LogP contribution in [0, 0.1) is 0 Å². The van der Waals surface area contributed by atoms with Crippen LogP contribution in [0.3, 0.4) is 0 Å². The van der Waals surface area contributed by atoms with Gasteiger partial charge in [0.05, 0.1) is 11.1 Å². The molecule has 0 atom stereocenters. The number of fused-ring (bicyclic) bond motifs is 7. The van der Waals surface area contributed by atoms with Crippen LogP contribution in [0.5, 0.6) is 0 Å². The smallest absolute Gasteiger partial charge is 0.137 e. The zero-order valence-corrected chi connectivity index (χ0v) is 23.2. The predicted molar refractivity (Wildman–Crippen MR) is 179 cm³/mol. The van der Waals surface area contributed by atoms with E-state index in [4.69, 9.17) is 8.83 Å². The largest absolute Gasteiger partial charge is 0.456 e. The molecular weight excluding hydrogens is 526 g/mol. The average Bonchev–Trinajstić information content (AvgIpc) is 3.62. The molecule has 2 aromatic heterocycles. The first-order valence-electron chi connectivity index (χ1n) is 14.5. The second-order valence-electron chi connectivity index (χ2n) is 10.9. The van der Waals surface area contributed by atoms with Gasteiger partial charge in [0, 0.05) is 27.5 Å². The minimum atomic E-state index is 0.840. The Bertz CT molecular complexity index is 2450. The lowest BCUT2D eigenvalue weighted by molar-refractivity contribution is 0.664. The molecule has 0 aliphatic carbocycles. The van der Waals surface area contributed by atoms with Gasteiger partial charge in [0.15, 0.2) is 0 Å². The number of hydrogen-bond donors (Lipinski definition) is 0. The van der Waals surface area contributed by atoms with E-state index in [0.29, 0.717) is 0 Å². The van der Waals surface area contributed by atoms with Crippen molar-refractivity contribution in [2.24, 2.45) is 0 Å². The molecule has 9 rings (SSSR count). The Morgan fingerprint density at radius 1 is 0.395 bits per heavy atom. The number of hydrogen-bond acceptors (Lipinski definition) is 3. The monoisotopic (exact) mass is 551 g/mol. The van der Waals surface area contributed by atoms with Crippen LogP contribution < -0.4 is 4.90 Å². The lowest BCUT2D eigenvalue weighted by atomic mass is 9.99. The maximum atomic E-state index is 6.59. The summed E-state index contributed by atoms with van der Waals surface area (Å²) in [5.74, 6) is 0. The number of anilines is 3. The summed E-state index contributed by atoms with van der Waals surface area (Å²) in [4.78, 5) is 2.32. The summed E-state index contributed by atoms with van der Waals surface area (Å²) in [5, 5.41) is 6.65. The maximum Gasteiger partial charge on any atom is 0.137 e. The number of para-hydroxylation sites is 1. The maximum absolute atomic E-state index is 6.59. The van der Waals surface area contributed by atoms with Gasteiger partial charge in [-0.2, -0.15) is 0 Å². The fraction of sp³-hybridized carbons (Fsp3) is 0. The molecule has 43 heavy (non-hydrogen) atoms. The van der Waals surface area contributed by atoms with E-state index in [1.807, 2.05) is 12.1 Å². The number of furan rings is 2. The highest BCUT2D eigenvalue weighted by atomic mass is 16.3. The third-order valence-electron chi connectivity index (χ3n) is 8.42. The van der Waals surface area contributed by atoms with E-state index >= 15 is 0 Å². The summed E-state index contributed by atoms with van der Waals surface area (Å²) in [6.07, 6.45) is 0. The standard InChI is InChI=1S/C40H25NO2/c1-3-12-27(13-4-1)31-17-9-19-35-39(31)32-24-38-33(25-37(32)42-35)40-34(18-10-20-36(40)43-38)41(29-15-5-2-6-16-29)30-22-21-26-11-7-8-14-28(26)23-30/h1-25H. The molecule has 0 amide bonds. The minimum Gasteiger partial charge on any atom is -0.456 e. The zero-order chi connectivity index (χ0) is 28.3. The second-order valence-corrected chi connectivity index (χ2v) is 10.9. The quantitative estimate of drug-likeness (QED) is 0.218. The van der Waals surface area contributed by atoms with Crippen molar-refractivity contribution in [1.29, 1.82) is 0 Å². The molecule has 2 heterocycles. The molecule has 9 aromatic rings. The molecule has 3 heteroatoms. The van der Waals surface area contributed by atoms with Crippen molar-refractivity contribution in [2.45, 2.75) is 0 Å². The van der Waals surface area contributed by atoms with Crippen molar-refractivity contribution < 1.29 is 8.83 Å². The lowest BCUT2D eigenvalue weighted by Gasteiger charge is -2.26. The molecule has 0 aliphatic rings. The van der Waals surface area contributed by atoms with Crippen molar-refractivity contribution in [2.75, 3.05) is 4.90 Å².